The van der Waals surface area contributed by atoms with Gasteiger partial charge in [0.1, 0.15) is 0 Å². The molecule has 1 aromatic carbocycles. The van der Waals surface area contributed by atoms with E-state index < -0.39 is 0 Å². The molecule has 2 heterocycles. The summed E-state index contributed by atoms with van der Waals surface area (Å²) >= 11 is 3.31. The topological polar surface area (TPSA) is 40.6 Å². The predicted molar refractivity (Wildman–Crippen MR) is 99.5 cm³/mol. The molecule has 1 aliphatic heterocycles. The summed E-state index contributed by atoms with van der Waals surface area (Å²) in [5.41, 5.74) is 0.869. The number of hydrogen-bond acceptors (Lipinski definition) is 4. The van der Waals surface area contributed by atoms with Crippen LogP contribution in [0.15, 0.2) is 46.7 Å². The van der Waals surface area contributed by atoms with Gasteiger partial charge in [-0.25, -0.2) is 0 Å². The molecule has 1 aromatic heterocycles. The van der Waals surface area contributed by atoms with Crippen molar-refractivity contribution < 1.29 is 9.59 Å². The van der Waals surface area contributed by atoms with E-state index in [0.29, 0.717) is 13.1 Å². The highest BCUT2D eigenvalue weighted by Crippen LogP contribution is 2.28. The van der Waals surface area contributed by atoms with Crippen molar-refractivity contribution in [2.24, 2.45) is 5.92 Å². The van der Waals surface area contributed by atoms with Gasteiger partial charge in [0.25, 0.3) is 0 Å². The Kier molecular flexibility index (Phi) is 5.26. The first kappa shape index (κ1) is 17.0. The van der Waals surface area contributed by atoms with Gasteiger partial charge in [-0.3, -0.25) is 9.59 Å². The number of rotatable bonds is 5. The Morgan fingerprint density at radius 1 is 1.33 bits per heavy atom. The van der Waals surface area contributed by atoms with E-state index >= 15 is 0 Å². The molecule has 0 N–H and O–H groups in total. The number of amides is 2. The molecule has 0 bridgehead atoms. The first-order valence-corrected chi connectivity index (χ1v) is 9.90. The van der Waals surface area contributed by atoms with Gasteiger partial charge in [0.15, 0.2) is 0 Å². The standard InChI is InChI=1S/C18H20N2O2S2/c1-19(12-16-4-3-9-24-16)18(22)13-10-17(21)20(11-13)14-5-7-15(23-2)8-6-14/h3-9,13H,10-12H2,1-2H3. The molecule has 0 saturated carbocycles. The van der Waals surface area contributed by atoms with E-state index in [1.54, 1.807) is 32.9 Å². The number of carbonyl (C=O) groups is 2. The summed E-state index contributed by atoms with van der Waals surface area (Å²) in [5, 5.41) is 2.01. The van der Waals surface area contributed by atoms with Gasteiger partial charge >= 0.3 is 0 Å². The zero-order chi connectivity index (χ0) is 17.1. The van der Waals surface area contributed by atoms with Crippen molar-refractivity contribution in [3.63, 3.8) is 0 Å². The van der Waals surface area contributed by atoms with Gasteiger partial charge in [-0.05, 0) is 42.0 Å². The second-order valence-corrected chi connectivity index (χ2v) is 7.79. The van der Waals surface area contributed by atoms with Gasteiger partial charge in [-0.1, -0.05) is 6.07 Å². The number of benzene rings is 1. The maximum absolute atomic E-state index is 12.6. The predicted octanol–water partition coefficient (Wildman–Crippen LogP) is 3.48. The van der Waals surface area contributed by atoms with Crippen LogP contribution in [0.3, 0.4) is 0 Å². The van der Waals surface area contributed by atoms with E-state index in [0.717, 1.165) is 15.5 Å². The fourth-order valence-corrected chi connectivity index (χ4v) is 4.08. The van der Waals surface area contributed by atoms with E-state index in [1.165, 1.54) is 0 Å². The summed E-state index contributed by atoms with van der Waals surface area (Å²) in [6.45, 7) is 1.06. The van der Waals surface area contributed by atoms with E-state index in [2.05, 4.69) is 0 Å². The molecule has 0 spiro atoms. The van der Waals surface area contributed by atoms with Crippen LogP contribution in [-0.4, -0.2) is 36.6 Å². The Balaban J connectivity index is 1.65. The van der Waals surface area contributed by atoms with Gasteiger partial charge in [0.2, 0.25) is 11.8 Å². The minimum atomic E-state index is -0.261. The number of thiophene rings is 1. The van der Waals surface area contributed by atoms with Crippen molar-refractivity contribution in [1.82, 2.24) is 4.90 Å². The summed E-state index contributed by atoms with van der Waals surface area (Å²) < 4.78 is 0. The molecule has 3 rings (SSSR count). The molecular weight excluding hydrogens is 340 g/mol. The third-order valence-corrected chi connectivity index (χ3v) is 5.81. The molecule has 2 amide bonds. The number of carbonyl (C=O) groups excluding carboxylic acids is 2. The fraction of sp³-hybridized carbons (Fsp3) is 0.333. The van der Waals surface area contributed by atoms with Crippen LogP contribution < -0.4 is 4.90 Å². The van der Waals surface area contributed by atoms with Gasteiger partial charge in [0.05, 0.1) is 12.5 Å². The fourth-order valence-electron chi connectivity index (χ4n) is 2.91. The molecular formula is C18H20N2O2S2. The Labute approximate surface area is 150 Å². The van der Waals surface area contributed by atoms with Crippen molar-refractivity contribution in [2.45, 2.75) is 17.9 Å². The molecule has 0 aliphatic carbocycles. The Bertz CT molecular complexity index is 713. The molecule has 2 aromatic rings. The largest absolute Gasteiger partial charge is 0.340 e. The minimum absolute atomic E-state index is 0.0229. The van der Waals surface area contributed by atoms with E-state index in [1.807, 2.05) is 55.1 Å². The summed E-state index contributed by atoms with van der Waals surface area (Å²) in [7, 11) is 1.81. The Morgan fingerprint density at radius 2 is 2.08 bits per heavy atom. The number of anilines is 1. The average Bonchev–Trinajstić information content (AvgIpc) is 3.24. The maximum Gasteiger partial charge on any atom is 0.228 e. The molecule has 126 valence electrons. The quantitative estimate of drug-likeness (QED) is 0.767. The summed E-state index contributed by atoms with van der Waals surface area (Å²) in [4.78, 5) is 30.7. The Morgan fingerprint density at radius 3 is 2.71 bits per heavy atom. The third-order valence-electron chi connectivity index (χ3n) is 4.21. The number of nitrogens with zero attached hydrogens (tertiary/aromatic N) is 2. The number of hydrogen-bond donors (Lipinski definition) is 0. The highest BCUT2D eigenvalue weighted by Gasteiger charge is 2.36. The molecule has 4 nitrogen and oxygen atoms in total. The highest BCUT2D eigenvalue weighted by atomic mass is 32.2. The van der Waals surface area contributed by atoms with Crippen molar-refractivity contribution in [1.29, 1.82) is 0 Å². The first-order valence-electron chi connectivity index (χ1n) is 7.80. The van der Waals surface area contributed by atoms with Crippen LogP contribution >= 0.6 is 23.1 Å². The molecule has 1 atom stereocenters. The normalized spacial score (nSPS) is 17.3. The molecule has 1 unspecified atom stereocenters. The summed E-state index contributed by atoms with van der Waals surface area (Å²) in [6, 6.07) is 11.9. The molecule has 1 saturated heterocycles. The maximum atomic E-state index is 12.6. The molecule has 24 heavy (non-hydrogen) atoms. The van der Waals surface area contributed by atoms with Crippen molar-refractivity contribution in [3.05, 3.63) is 46.7 Å². The van der Waals surface area contributed by atoms with Gasteiger partial charge in [0, 0.05) is 35.5 Å². The monoisotopic (exact) mass is 360 g/mol. The lowest BCUT2D eigenvalue weighted by molar-refractivity contribution is -0.135. The van der Waals surface area contributed by atoms with Crippen LogP contribution in [0.25, 0.3) is 0 Å². The van der Waals surface area contributed by atoms with Crippen molar-refractivity contribution in [2.75, 3.05) is 24.7 Å². The molecule has 0 radical (unpaired) electrons. The van der Waals surface area contributed by atoms with Crippen LogP contribution in [-0.2, 0) is 16.1 Å². The lowest BCUT2D eigenvalue weighted by Gasteiger charge is -2.21. The molecule has 1 fully saturated rings. The second kappa shape index (κ2) is 7.40. The molecule has 6 heteroatoms. The lowest BCUT2D eigenvalue weighted by atomic mass is 10.1. The minimum Gasteiger partial charge on any atom is -0.340 e. The van der Waals surface area contributed by atoms with Gasteiger partial charge in [-0.15, -0.1) is 23.1 Å². The van der Waals surface area contributed by atoms with Crippen LogP contribution in [0.1, 0.15) is 11.3 Å². The van der Waals surface area contributed by atoms with E-state index in [4.69, 9.17) is 0 Å². The van der Waals surface area contributed by atoms with Crippen LogP contribution in [0, 0.1) is 5.92 Å². The van der Waals surface area contributed by atoms with Crippen LogP contribution in [0.4, 0.5) is 5.69 Å². The highest BCUT2D eigenvalue weighted by molar-refractivity contribution is 7.98. The van der Waals surface area contributed by atoms with Crippen LogP contribution in [0.5, 0.6) is 0 Å². The number of thioether (sulfide) groups is 1. The molecule has 1 aliphatic rings. The summed E-state index contributed by atoms with van der Waals surface area (Å²) in [5.74, 6) is -0.197. The zero-order valence-corrected chi connectivity index (χ0v) is 15.4. The van der Waals surface area contributed by atoms with Crippen molar-refractivity contribution >= 4 is 40.6 Å². The smallest absolute Gasteiger partial charge is 0.228 e. The lowest BCUT2D eigenvalue weighted by Crippen LogP contribution is -2.34. The van der Waals surface area contributed by atoms with E-state index in [-0.39, 0.29) is 24.2 Å². The van der Waals surface area contributed by atoms with Crippen molar-refractivity contribution in [3.8, 4) is 0 Å². The van der Waals surface area contributed by atoms with Crippen LogP contribution in [0.2, 0.25) is 0 Å². The average molecular weight is 361 g/mol. The second-order valence-electron chi connectivity index (χ2n) is 5.88. The van der Waals surface area contributed by atoms with E-state index in [9.17, 15) is 9.59 Å². The first-order chi connectivity index (χ1) is 11.6. The van der Waals surface area contributed by atoms with Gasteiger partial charge in [-0.2, -0.15) is 0 Å². The SMILES string of the molecule is CSc1ccc(N2CC(C(=O)N(C)Cc3cccs3)CC2=O)cc1. The van der Waals surface area contributed by atoms with Gasteiger partial charge < -0.3 is 9.80 Å². The summed E-state index contributed by atoms with van der Waals surface area (Å²) in [6.07, 6.45) is 2.31. The zero-order valence-electron chi connectivity index (χ0n) is 13.8. The third kappa shape index (κ3) is 3.65. The Hall–Kier alpha value is -1.79.